The van der Waals surface area contributed by atoms with Crippen LogP contribution < -0.4 is 10.6 Å². The van der Waals surface area contributed by atoms with Crippen molar-refractivity contribution in [3.05, 3.63) is 84.3 Å². The van der Waals surface area contributed by atoms with Crippen LogP contribution in [0.2, 0.25) is 0 Å². The summed E-state index contributed by atoms with van der Waals surface area (Å²) < 4.78 is 5.62. The van der Waals surface area contributed by atoms with Crippen molar-refractivity contribution < 1.29 is 9.57 Å². The molecule has 1 heterocycles. The van der Waals surface area contributed by atoms with E-state index >= 15 is 0 Å². The molecule has 0 amide bonds. The van der Waals surface area contributed by atoms with Gasteiger partial charge in [-0.15, -0.1) is 5.11 Å². The average molecular weight is 293 g/mol. The molecule has 5 heteroatoms. The molecule has 1 atom stereocenters. The van der Waals surface area contributed by atoms with Crippen LogP contribution in [-0.4, -0.2) is 0 Å². The first-order chi connectivity index (χ1) is 10.8. The lowest BCUT2D eigenvalue weighted by Gasteiger charge is -2.19. The van der Waals surface area contributed by atoms with E-state index in [2.05, 4.69) is 10.4 Å². The van der Waals surface area contributed by atoms with Gasteiger partial charge in [0.25, 0.3) is 0 Å². The van der Waals surface area contributed by atoms with Crippen LogP contribution in [0.15, 0.2) is 89.1 Å². The van der Waals surface area contributed by atoms with Crippen molar-refractivity contribution in [1.29, 1.82) is 0 Å². The predicted octanol–water partition coefficient (Wildman–Crippen LogP) is 4.18. The number of allylic oxidation sites excluding steroid dienone is 2. The third-order valence-corrected chi connectivity index (χ3v) is 3.15. The zero-order valence-electron chi connectivity index (χ0n) is 11.8. The largest absolute Gasteiger partial charge is 0.487 e. The highest BCUT2D eigenvalue weighted by Gasteiger charge is 2.19. The van der Waals surface area contributed by atoms with Crippen LogP contribution in [0.5, 0.6) is 5.75 Å². The highest BCUT2D eigenvalue weighted by atomic mass is 16.6. The van der Waals surface area contributed by atoms with Crippen molar-refractivity contribution >= 4 is 5.69 Å². The molecule has 0 saturated heterocycles. The molecule has 5 nitrogen and oxygen atoms in total. The number of nitrogens with zero attached hydrogens (tertiary/aromatic N) is 2. The molecule has 0 bridgehead atoms. The summed E-state index contributed by atoms with van der Waals surface area (Å²) in [6.45, 7) is 0. The van der Waals surface area contributed by atoms with Gasteiger partial charge in [-0.2, -0.15) is 0 Å². The summed E-state index contributed by atoms with van der Waals surface area (Å²) in [5, 5.41) is 7.87. The third kappa shape index (κ3) is 3.15. The van der Waals surface area contributed by atoms with E-state index < -0.39 is 0 Å². The van der Waals surface area contributed by atoms with Crippen LogP contribution >= 0.6 is 0 Å². The van der Waals surface area contributed by atoms with Crippen LogP contribution in [0.3, 0.4) is 0 Å². The average Bonchev–Trinajstić information content (AvgIpc) is 2.58. The lowest BCUT2D eigenvalue weighted by atomic mass is 10.1. The minimum atomic E-state index is -0.299. The standard InChI is InChI=1S/C17H15N3O2/c18-14-9-4-5-11-16(14)22-20-19-15-10-6-12-21-17(15)13-7-2-1-3-8-13/h1-12,17H,18H2. The van der Waals surface area contributed by atoms with Crippen LogP contribution in [0.4, 0.5) is 5.69 Å². The molecule has 22 heavy (non-hydrogen) atoms. The SMILES string of the molecule is Nc1ccccc1ON=NC1=CC=COC1c1ccccc1. The molecule has 0 aromatic heterocycles. The number of rotatable bonds is 4. The first-order valence-corrected chi connectivity index (χ1v) is 6.84. The molecule has 110 valence electrons. The van der Waals surface area contributed by atoms with Gasteiger partial charge in [0.15, 0.2) is 11.9 Å². The number of anilines is 1. The van der Waals surface area contributed by atoms with Crippen molar-refractivity contribution in [1.82, 2.24) is 0 Å². The topological polar surface area (TPSA) is 69.2 Å². The number of nitrogen functional groups attached to an aromatic ring is 1. The van der Waals surface area contributed by atoms with Crippen molar-refractivity contribution in [2.75, 3.05) is 5.73 Å². The van der Waals surface area contributed by atoms with Crippen molar-refractivity contribution in [3.8, 4) is 5.75 Å². The maximum atomic E-state index is 5.78. The van der Waals surface area contributed by atoms with Crippen LogP contribution in [-0.2, 0) is 4.74 Å². The summed E-state index contributed by atoms with van der Waals surface area (Å²) in [5.74, 6) is 0.468. The van der Waals surface area contributed by atoms with Crippen molar-refractivity contribution in [2.24, 2.45) is 10.4 Å². The van der Waals surface area contributed by atoms with E-state index in [0.29, 0.717) is 17.1 Å². The summed E-state index contributed by atoms with van der Waals surface area (Å²) in [6.07, 6.45) is 4.94. The molecule has 0 radical (unpaired) electrons. The third-order valence-electron chi connectivity index (χ3n) is 3.15. The summed E-state index contributed by atoms with van der Waals surface area (Å²) in [6, 6.07) is 16.9. The fraction of sp³-hybridized carbons (Fsp3) is 0.0588. The second-order valence-electron chi connectivity index (χ2n) is 4.66. The Labute approximate surface area is 128 Å². The Morgan fingerprint density at radius 3 is 2.59 bits per heavy atom. The highest BCUT2D eigenvalue weighted by molar-refractivity contribution is 5.51. The molecule has 0 spiro atoms. The Balaban J connectivity index is 1.75. The second-order valence-corrected chi connectivity index (χ2v) is 4.66. The van der Waals surface area contributed by atoms with Gasteiger partial charge >= 0.3 is 0 Å². The Morgan fingerprint density at radius 2 is 1.77 bits per heavy atom. The molecule has 1 aliphatic rings. The zero-order valence-corrected chi connectivity index (χ0v) is 11.8. The number of hydrogen-bond acceptors (Lipinski definition) is 5. The minimum Gasteiger partial charge on any atom is -0.487 e. The number of para-hydroxylation sites is 2. The van der Waals surface area contributed by atoms with Crippen LogP contribution in [0, 0.1) is 0 Å². The Kier molecular flexibility index (Phi) is 4.15. The second kappa shape index (κ2) is 6.58. The van der Waals surface area contributed by atoms with E-state index in [9.17, 15) is 0 Å². The van der Waals surface area contributed by atoms with E-state index in [-0.39, 0.29) is 6.10 Å². The summed E-state index contributed by atoms with van der Waals surface area (Å²) in [7, 11) is 0. The summed E-state index contributed by atoms with van der Waals surface area (Å²) >= 11 is 0. The maximum absolute atomic E-state index is 5.78. The van der Waals surface area contributed by atoms with Crippen LogP contribution in [0.1, 0.15) is 11.7 Å². The normalized spacial score (nSPS) is 17.1. The predicted molar refractivity (Wildman–Crippen MR) is 83.8 cm³/mol. The van der Waals surface area contributed by atoms with Gasteiger partial charge in [-0.3, -0.25) is 0 Å². The van der Waals surface area contributed by atoms with Gasteiger partial charge in [0.1, 0.15) is 5.70 Å². The van der Waals surface area contributed by atoms with E-state index in [1.54, 1.807) is 24.5 Å². The smallest absolute Gasteiger partial charge is 0.182 e. The van der Waals surface area contributed by atoms with Gasteiger partial charge in [-0.1, -0.05) is 42.5 Å². The van der Waals surface area contributed by atoms with Gasteiger partial charge in [-0.25, -0.2) is 0 Å². The molecule has 2 aromatic rings. The molecule has 3 rings (SSSR count). The molecular weight excluding hydrogens is 278 g/mol. The number of hydrogen-bond donors (Lipinski definition) is 1. The Morgan fingerprint density at radius 1 is 1.00 bits per heavy atom. The van der Waals surface area contributed by atoms with E-state index in [0.717, 1.165) is 5.56 Å². The van der Waals surface area contributed by atoms with E-state index in [1.807, 2.05) is 48.5 Å². The Hall–Kier alpha value is -3.08. The monoisotopic (exact) mass is 293 g/mol. The summed E-state index contributed by atoms with van der Waals surface area (Å²) in [5.41, 5.74) is 7.94. The molecule has 1 unspecified atom stereocenters. The van der Waals surface area contributed by atoms with Gasteiger partial charge in [0.05, 0.1) is 11.9 Å². The molecule has 2 aromatic carbocycles. The quantitative estimate of drug-likeness (QED) is 0.522. The van der Waals surface area contributed by atoms with E-state index in [4.69, 9.17) is 15.3 Å². The van der Waals surface area contributed by atoms with Gasteiger partial charge < -0.3 is 15.3 Å². The van der Waals surface area contributed by atoms with E-state index in [1.165, 1.54) is 0 Å². The maximum Gasteiger partial charge on any atom is 0.182 e. The Bertz CT molecular complexity index is 724. The minimum absolute atomic E-state index is 0.299. The van der Waals surface area contributed by atoms with Gasteiger partial charge in [0.2, 0.25) is 0 Å². The highest BCUT2D eigenvalue weighted by Crippen LogP contribution is 2.30. The van der Waals surface area contributed by atoms with Gasteiger partial charge in [0, 0.05) is 5.28 Å². The van der Waals surface area contributed by atoms with Crippen molar-refractivity contribution in [2.45, 2.75) is 6.10 Å². The molecule has 2 N–H and O–H groups in total. The van der Waals surface area contributed by atoms with Crippen molar-refractivity contribution in [3.63, 3.8) is 0 Å². The lowest BCUT2D eigenvalue weighted by Crippen LogP contribution is -2.05. The number of nitrogens with two attached hydrogens (primary N) is 1. The molecular formula is C17H15N3O2. The first-order valence-electron chi connectivity index (χ1n) is 6.84. The first kappa shape index (κ1) is 13.9. The number of ether oxygens (including phenoxy) is 1. The summed E-state index contributed by atoms with van der Waals surface area (Å²) in [4.78, 5) is 5.24. The lowest BCUT2D eigenvalue weighted by molar-refractivity contribution is 0.169. The molecule has 0 fully saturated rings. The fourth-order valence-electron chi connectivity index (χ4n) is 2.06. The van der Waals surface area contributed by atoms with Gasteiger partial charge in [-0.05, 0) is 29.8 Å². The number of benzene rings is 2. The molecule has 1 aliphatic heterocycles. The molecule has 0 aliphatic carbocycles. The zero-order chi connectivity index (χ0) is 15.2. The molecule has 0 saturated carbocycles. The fourth-order valence-corrected chi connectivity index (χ4v) is 2.06. The van der Waals surface area contributed by atoms with Crippen LogP contribution in [0.25, 0.3) is 0 Å².